The van der Waals surface area contributed by atoms with Crippen molar-refractivity contribution in [3.8, 4) is 0 Å². The van der Waals surface area contributed by atoms with E-state index in [1.807, 2.05) is 43.3 Å². The van der Waals surface area contributed by atoms with Gasteiger partial charge in [0.15, 0.2) is 0 Å². The van der Waals surface area contributed by atoms with Gasteiger partial charge in [0.05, 0.1) is 6.04 Å². The molecule has 1 aliphatic carbocycles. The van der Waals surface area contributed by atoms with Crippen LogP contribution in [0.4, 0.5) is 16.2 Å². The maximum Gasteiger partial charge on any atom is 0.319 e. The van der Waals surface area contributed by atoms with Gasteiger partial charge in [-0.05, 0) is 62.1 Å². The monoisotopic (exact) mass is 484 g/mol. The second-order valence-corrected chi connectivity index (χ2v) is 8.95. The van der Waals surface area contributed by atoms with Gasteiger partial charge in [-0.3, -0.25) is 9.59 Å². The van der Waals surface area contributed by atoms with Crippen molar-refractivity contribution < 1.29 is 14.4 Å². The van der Waals surface area contributed by atoms with E-state index in [4.69, 9.17) is 0 Å². The molecule has 1 aliphatic heterocycles. The van der Waals surface area contributed by atoms with Crippen molar-refractivity contribution in [2.45, 2.75) is 38.3 Å². The Labute approximate surface area is 189 Å². The SMILES string of the molecule is CC(NC(=O)C1CCN(c2cccc(Br)c2)C1=O)c1ccc(NC(=O)NC2CC2)cc1. The highest BCUT2D eigenvalue weighted by molar-refractivity contribution is 9.10. The van der Waals surface area contributed by atoms with Gasteiger partial charge in [-0.1, -0.05) is 34.1 Å². The van der Waals surface area contributed by atoms with Gasteiger partial charge < -0.3 is 20.9 Å². The molecule has 0 aromatic heterocycles. The molecule has 0 spiro atoms. The number of urea groups is 1. The number of carbonyl (C=O) groups is 3. The lowest BCUT2D eigenvalue weighted by atomic mass is 10.0. The third-order valence-electron chi connectivity index (χ3n) is 5.58. The van der Waals surface area contributed by atoms with E-state index in [9.17, 15) is 14.4 Å². The molecule has 3 N–H and O–H groups in total. The molecule has 2 unspecified atom stereocenters. The molecule has 31 heavy (non-hydrogen) atoms. The first-order chi connectivity index (χ1) is 14.9. The molecule has 1 heterocycles. The minimum Gasteiger partial charge on any atom is -0.349 e. The van der Waals surface area contributed by atoms with E-state index in [1.54, 1.807) is 17.0 Å². The third kappa shape index (κ3) is 5.25. The summed E-state index contributed by atoms with van der Waals surface area (Å²) in [6.07, 6.45) is 2.56. The highest BCUT2D eigenvalue weighted by Gasteiger charge is 2.38. The molecule has 2 atom stereocenters. The van der Waals surface area contributed by atoms with Crippen molar-refractivity contribution in [2.24, 2.45) is 5.92 Å². The highest BCUT2D eigenvalue weighted by atomic mass is 79.9. The van der Waals surface area contributed by atoms with Crippen LogP contribution in [0.15, 0.2) is 53.0 Å². The smallest absolute Gasteiger partial charge is 0.319 e. The van der Waals surface area contributed by atoms with E-state index in [1.165, 1.54) is 0 Å². The summed E-state index contributed by atoms with van der Waals surface area (Å²) in [5.74, 6) is -1.13. The topological polar surface area (TPSA) is 90.5 Å². The summed E-state index contributed by atoms with van der Waals surface area (Å²) in [5.41, 5.74) is 2.38. The third-order valence-corrected chi connectivity index (χ3v) is 6.08. The van der Waals surface area contributed by atoms with Gasteiger partial charge in [0.2, 0.25) is 11.8 Å². The summed E-state index contributed by atoms with van der Waals surface area (Å²) in [6.45, 7) is 2.40. The lowest BCUT2D eigenvalue weighted by molar-refractivity contribution is -0.132. The second kappa shape index (κ2) is 9.09. The summed E-state index contributed by atoms with van der Waals surface area (Å²) >= 11 is 3.42. The molecular formula is C23H25BrN4O3. The predicted octanol–water partition coefficient (Wildman–Crippen LogP) is 3.96. The van der Waals surface area contributed by atoms with Crippen molar-refractivity contribution in [3.05, 3.63) is 58.6 Å². The van der Waals surface area contributed by atoms with Crippen molar-refractivity contribution in [1.29, 1.82) is 0 Å². The van der Waals surface area contributed by atoms with Crippen LogP contribution in [0.5, 0.6) is 0 Å². The van der Waals surface area contributed by atoms with Crippen molar-refractivity contribution in [3.63, 3.8) is 0 Å². The van der Waals surface area contributed by atoms with E-state index in [2.05, 4.69) is 31.9 Å². The molecule has 2 aliphatic rings. The van der Waals surface area contributed by atoms with Crippen molar-refractivity contribution >= 4 is 45.2 Å². The number of hydrogen-bond acceptors (Lipinski definition) is 3. The fourth-order valence-corrected chi connectivity index (χ4v) is 4.04. The average molecular weight is 485 g/mol. The van der Waals surface area contributed by atoms with Crippen LogP contribution in [0.1, 0.15) is 37.8 Å². The number of nitrogens with zero attached hydrogens (tertiary/aromatic N) is 1. The van der Waals surface area contributed by atoms with Crippen LogP contribution in [-0.4, -0.2) is 30.4 Å². The molecule has 1 saturated heterocycles. The van der Waals surface area contributed by atoms with Crippen LogP contribution in [0.25, 0.3) is 0 Å². The van der Waals surface area contributed by atoms with Gasteiger partial charge in [0.25, 0.3) is 0 Å². The molecular weight excluding hydrogens is 460 g/mol. The molecule has 0 bridgehead atoms. The van der Waals surface area contributed by atoms with Gasteiger partial charge >= 0.3 is 6.03 Å². The molecule has 2 fully saturated rings. The number of anilines is 2. The summed E-state index contributed by atoms with van der Waals surface area (Å²) in [6, 6.07) is 14.7. The average Bonchev–Trinajstić information content (AvgIpc) is 3.46. The molecule has 162 valence electrons. The molecule has 7 nitrogen and oxygen atoms in total. The molecule has 4 rings (SSSR count). The van der Waals surface area contributed by atoms with E-state index in [0.29, 0.717) is 24.7 Å². The zero-order valence-corrected chi connectivity index (χ0v) is 18.8. The molecule has 1 saturated carbocycles. The fraction of sp³-hybridized carbons (Fsp3) is 0.348. The second-order valence-electron chi connectivity index (χ2n) is 8.04. The fourth-order valence-electron chi connectivity index (χ4n) is 3.66. The van der Waals surface area contributed by atoms with Crippen LogP contribution in [0.3, 0.4) is 0 Å². The molecule has 2 aromatic carbocycles. The van der Waals surface area contributed by atoms with E-state index in [-0.39, 0.29) is 23.9 Å². The molecule has 0 radical (unpaired) electrons. The van der Waals surface area contributed by atoms with Crippen LogP contribution >= 0.6 is 15.9 Å². The van der Waals surface area contributed by atoms with Crippen LogP contribution in [0, 0.1) is 5.92 Å². The predicted molar refractivity (Wildman–Crippen MR) is 123 cm³/mol. The summed E-state index contributed by atoms with van der Waals surface area (Å²) in [4.78, 5) is 39.1. The number of amides is 4. The number of hydrogen-bond donors (Lipinski definition) is 3. The van der Waals surface area contributed by atoms with Crippen molar-refractivity contribution in [2.75, 3.05) is 16.8 Å². The number of rotatable bonds is 6. The Balaban J connectivity index is 1.32. The highest BCUT2D eigenvalue weighted by Crippen LogP contribution is 2.28. The van der Waals surface area contributed by atoms with Gasteiger partial charge in [-0.15, -0.1) is 0 Å². The van der Waals surface area contributed by atoms with Gasteiger partial charge in [0.1, 0.15) is 5.92 Å². The normalized spacial score (nSPS) is 19.1. The molecule has 2 aromatic rings. The summed E-state index contributed by atoms with van der Waals surface area (Å²) < 4.78 is 0.891. The molecule has 8 heteroatoms. The number of halogens is 1. The quantitative estimate of drug-likeness (QED) is 0.541. The van der Waals surface area contributed by atoms with E-state index < -0.39 is 5.92 Å². The Morgan fingerprint density at radius 3 is 2.52 bits per heavy atom. The zero-order chi connectivity index (χ0) is 22.0. The standard InChI is InChI=1S/C23H25BrN4O3/c1-14(15-5-7-17(8-6-15)26-23(31)27-18-9-10-18)25-21(29)20-11-12-28(22(20)30)19-4-2-3-16(24)13-19/h2-8,13-14,18,20H,9-12H2,1H3,(H,25,29)(H2,26,27,31). The Hall–Kier alpha value is -2.87. The first kappa shape index (κ1) is 21.4. The van der Waals surface area contributed by atoms with Gasteiger partial charge in [-0.2, -0.15) is 0 Å². The van der Waals surface area contributed by atoms with Crippen LogP contribution < -0.4 is 20.9 Å². The van der Waals surface area contributed by atoms with Crippen LogP contribution in [-0.2, 0) is 9.59 Å². The summed E-state index contributed by atoms with van der Waals surface area (Å²) in [7, 11) is 0. The lowest BCUT2D eigenvalue weighted by Crippen LogP contribution is -2.38. The number of carbonyl (C=O) groups excluding carboxylic acids is 3. The Kier molecular flexibility index (Phi) is 6.27. The van der Waals surface area contributed by atoms with E-state index in [0.717, 1.165) is 28.6 Å². The van der Waals surface area contributed by atoms with E-state index >= 15 is 0 Å². The largest absolute Gasteiger partial charge is 0.349 e. The Morgan fingerprint density at radius 2 is 1.84 bits per heavy atom. The van der Waals surface area contributed by atoms with Crippen LogP contribution in [0.2, 0.25) is 0 Å². The molecule has 4 amide bonds. The van der Waals surface area contributed by atoms with Crippen molar-refractivity contribution in [1.82, 2.24) is 10.6 Å². The Morgan fingerprint density at radius 1 is 1.10 bits per heavy atom. The zero-order valence-electron chi connectivity index (χ0n) is 17.2. The lowest BCUT2D eigenvalue weighted by Gasteiger charge is -2.19. The number of benzene rings is 2. The first-order valence-electron chi connectivity index (χ1n) is 10.5. The number of nitrogens with one attached hydrogen (secondary N) is 3. The maximum atomic E-state index is 12.8. The summed E-state index contributed by atoms with van der Waals surface area (Å²) in [5, 5.41) is 8.63. The minimum atomic E-state index is -0.687. The van der Waals surface area contributed by atoms with Gasteiger partial charge in [0, 0.05) is 28.4 Å². The maximum absolute atomic E-state index is 12.8. The Bertz CT molecular complexity index is 991. The van der Waals surface area contributed by atoms with Gasteiger partial charge in [-0.25, -0.2) is 4.79 Å². The minimum absolute atomic E-state index is 0.177. The first-order valence-corrected chi connectivity index (χ1v) is 11.2.